The topological polar surface area (TPSA) is 70.4 Å². The molecule has 124 valence electrons. The molecular formula is C16H21FN4O2. The van der Waals surface area contributed by atoms with Gasteiger partial charge in [0, 0.05) is 19.3 Å². The van der Waals surface area contributed by atoms with Gasteiger partial charge in [-0.3, -0.25) is 0 Å². The lowest BCUT2D eigenvalue weighted by Gasteiger charge is -2.21. The first kappa shape index (κ1) is 17.0. The summed E-state index contributed by atoms with van der Waals surface area (Å²) in [6.45, 7) is 3.10. The van der Waals surface area contributed by atoms with Crippen molar-refractivity contribution in [3.63, 3.8) is 0 Å². The Morgan fingerprint density at radius 3 is 2.70 bits per heavy atom. The number of hydrogen-bond donors (Lipinski definition) is 2. The van der Waals surface area contributed by atoms with E-state index in [1.807, 2.05) is 6.92 Å². The number of carbonyl (C=O) groups excluding carboxylic acids is 1. The van der Waals surface area contributed by atoms with Crippen LogP contribution in [0.2, 0.25) is 0 Å². The quantitative estimate of drug-likeness (QED) is 0.819. The average Bonchev–Trinajstić information content (AvgIpc) is 3.02. The van der Waals surface area contributed by atoms with Crippen molar-refractivity contribution < 1.29 is 14.3 Å². The van der Waals surface area contributed by atoms with Crippen LogP contribution in [-0.2, 0) is 6.54 Å². The Balaban J connectivity index is 1.93. The molecule has 1 aromatic heterocycles. The number of carbonyl (C=O) groups is 1. The van der Waals surface area contributed by atoms with Crippen molar-refractivity contribution in [2.24, 2.45) is 0 Å². The number of benzene rings is 1. The molecule has 6 nitrogen and oxygen atoms in total. The highest BCUT2D eigenvalue weighted by atomic mass is 19.1. The van der Waals surface area contributed by atoms with E-state index in [1.165, 1.54) is 12.1 Å². The molecule has 0 spiro atoms. The van der Waals surface area contributed by atoms with Gasteiger partial charge in [-0.15, -0.1) is 0 Å². The Hall–Kier alpha value is -2.41. The number of halogens is 1. The number of aromatic nitrogens is 2. The minimum Gasteiger partial charge on any atom is -0.395 e. The number of rotatable bonds is 7. The Bertz CT molecular complexity index is 621. The van der Waals surface area contributed by atoms with Crippen LogP contribution in [0.5, 0.6) is 0 Å². The minimum absolute atomic E-state index is 0.0629. The number of nitrogens with zero attached hydrogens (tertiary/aromatic N) is 3. The van der Waals surface area contributed by atoms with Crippen LogP contribution >= 0.6 is 0 Å². The Morgan fingerprint density at radius 1 is 1.30 bits per heavy atom. The van der Waals surface area contributed by atoms with Crippen LogP contribution in [-0.4, -0.2) is 45.5 Å². The summed E-state index contributed by atoms with van der Waals surface area (Å²) in [5.41, 5.74) is 1.44. The number of aliphatic hydroxyl groups is 1. The number of amides is 2. The van der Waals surface area contributed by atoms with Gasteiger partial charge in [-0.2, -0.15) is 5.10 Å². The molecule has 2 rings (SSSR count). The lowest BCUT2D eigenvalue weighted by molar-refractivity contribution is 0.177. The summed E-state index contributed by atoms with van der Waals surface area (Å²) >= 11 is 0. The molecule has 0 radical (unpaired) electrons. The van der Waals surface area contributed by atoms with E-state index in [0.29, 0.717) is 25.3 Å². The summed E-state index contributed by atoms with van der Waals surface area (Å²) in [5.74, 6) is -0.298. The fourth-order valence-corrected chi connectivity index (χ4v) is 2.18. The molecule has 0 unspecified atom stereocenters. The fourth-order valence-electron chi connectivity index (χ4n) is 2.18. The van der Waals surface area contributed by atoms with Crippen molar-refractivity contribution in [2.45, 2.75) is 19.9 Å². The minimum atomic E-state index is -0.298. The summed E-state index contributed by atoms with van der Waals surface area (Å²) in [6, 6.07) is 7.58. The maximum absolute atomic E-state index is 12.9. The molecule has 7 heteroatoms. The van der Waals surface area contributed by atoms with Gasteiger partial charge in [0.15, 0.2) is 0 Å². The second-order valence-electron chi connectivity index (χ2n) is 5.10. The van der Waals surface area contributed by atoms with Crippen LogP contribution in [0.15, 0.2) is 36.5 Å². The molecule has 1 aromatic carbocycles. The molecule has 0 aliphatic rings. The average molecular weight is 320 g/mol. The normalized spacial score (nSPS) is 10.6. The van der Waals surface area contributed by atoms with Crippen LogP contribution in [0, 0.1) is 5.82 Å². The van der Waals surface area contributed by atoms with E-state index in [0.717, 1.165) is 12.1 Å². The molecule has 0 fully saturated rings. The third-order valence-corrected chi connectivity index (χ3v) is 3.31. The third kappa shape index (κ3) is 4.79. The third-order valence-electron chi connectivity index (χ3n) is 3.31. The van der Waals surface area contributed by atoms with Crippen molar-refractivity contribution >= 4 is 6.03 Å². The largest absolute Gasteiger partial charge is 0.395 e. The summed E-state index contributed by atoms with van der Waals surface area (Å²) in [6.07, 6.45) is 2.58. The van der Waals surface area contributed by atoms with Crippen LogP contribution in [0.1, 0.15) is 19.0 Å². The highest BCUT2D eigenvalue weighted by Gasteiger charge is 2.12. The standard InChI is InChI=1S/C16H21FN4O2/c1-2-8-20(10-11-22)16(23)18-12-14-7-9-21(19-14)15-5-3-13(17)4-6-15/h3-7,9,22H,2,8,10-12H2,1H3,(H,18,23). The molecule has 0 saturated heterocycles. The van der Waals surface area contributed by atoms with E-state index in [2.05, 4.69) is 10.4 Å². The molecule has 2 aromatic rings. The van der Waals surface area contributed by atoms with Crippen molar-refractivity contribution in [3.05, 3.63) is 48.0 Å². The van der Waals surface area contributed by atoms with Crippen molar-refractivity contribution in [1.29, 1.82) is 0 Å². The van der Waals surface area contributed by atoms with Gasteiger partial charge in [0.25, 0.3) is 0 Å². The van der Waals surface area contributed by atoms with E-state index in [-0.39, 0.29) is 18.5 Å². The van der Waals surface area contributed by atoms with E-state index in [9.17, 15) is 9.18 Å². The maximum atomic E-state index is 12.9. The molecule has 0 bridgehead atoms. The smallest absolute Gasteiger partial charge is 0.317 e. The number of urea groups is 1. The first-order chi connectivity index (χ1) is 11.1. The van der Waals surface area contributed by atoms with Crippen molar-refractivity contribution in [3.8, 4) is 5.69 Å². The summed E-state index contributed by atoms with van der Waals surface area (Å²) in [5, 5.41) is 16.1. The zero-order valence-electron chi connectivity index (χ0n) is 13.1. The summed E-state index contributed by atoms with van der Waals surface area (Å²) in [7, 11) is 0. The number of aliphatic hydroxyl groups excluding tert-OH is 1. The predicted octanol–water partition coefficient (Wildman–Crippen LogP) is 1.93. The molecule has 0 aliphatic carbocycles. The van der Waals surface area contributed by atoms with Crippen LogP contribution in [0.4, 0.5) is 9.18 Å². The molecule has 1 heterocycles. The fraction of sp³-hybridized carbons (Fsp3) is 0.375. The molecule has 0 atom stereocenters. The van der Waals surface area contributed by atoms with Gasteiger partial charge in [-0.25, -0.2) is 13.9 Å². The van der Waals surface area contributed by atoms with Gasteiger partial charge in [-0.05, 0) is 36.8 Å². The van der Waals surface area contributed by atoms with Crippen molar-refractivity contribution in [1.82, 2.24) is 20.0 Å². The van der Waals surface area contributed by atoms with Crippen LogP contribution in [0.3, 0.4) is 0 Å². The highest BCUT2D eigenvalue weighted by molar-refractivity contribution is 5.74. The van der Waals surface area contributed by atoms with Gasteiger partial charge in [0.1, 0.15) is 5.82 Å². The molecule has 23 heavy (non-hydrogen) atoms. The van der Waals surface area contributed by atoms with E-state index < -0.39 is 0 Å². The zero-order valence-corrected chi connectivity index (χ0v) is 13.1. The Labute approximate surface area is 134 Å². The summed E-state index contributed by atoms with van der Waals surface area (Å²) < 4.78 is 14.5. The lowest BCUT2D eigenvalue weighted by Crippen LogP contribution is -2.41. The Kier molecular flexibility index (Phi) is 6.10. The van der Waals surface area contributed by atoms with Crippen molar-refractivity contribution in [2.75, 3.05) is 19.7 Å². The number of nitrogens with one attached hydrogen (secondary N) is 1. The van der Waals surface area contributed by atoms with Gasteiger partial charge in [0.05, 0.1) is 24.5 Å². The molecular weight excluding hydrogens is 299 g/mol. The molecule has 2 N–H and O–H groups in total. The second kappa shape index (κ2) is 8.28. The second-order valence-corrected chi connectivity index (χ2v) is 5.10. The summed E-state index contributed by atoms with van der Waals surface area (Å²) in [4.78, 5) is 13.6. The first-order valence-corrected chi connectivity index (χ1v) is 7.58. The molecule has 0 saturated carbocycles. The first-order valence-electron chi connectivity index (χ1n) is 7.58. The van der Waals surface area contributed by atoms with E-state index in [4.69, 9.17) is 5.11 Å². The zero-order chi connectivity index (χ0) is 16.7. The van der Waals surface area contributed by atoms with Crippen LogP contribution in [0.25, 0.3) is 5.69 Å². The monoisotopic (exact) mass is 320 g/mol. The lowest BCUT2D eigenvalue weighted by atomic mass is 10.3. The Morgan fingerprint density at radius 2 is 2.04 bits per heavy atom. The molecule has 0 aliphatic heterocycles. The predicted molar refractivity (Wildman–Crippen MR) is 84.7 cm³/mol. The maximum Gasteiger partial charge on any atom is 0.317 e. The molecule has 2 amide bonds. The van der Waals surface area contributed by atoms with E-state index in [1.54, 1.807) is 34.0 Å². The van der Waals surface area contributed by atoms with E-state index >= 15 is 0 Å². The van der Waals surface area contributed by atoms with Gasteiger partial charge in [-0.1, -0.05) is 6.92 Å². The SMILES string of the molecule is CCCN(CCO)C(=O)NCc1ccn(-c2ccc(F)cc2)n1. The number of hydrogen-bond acceptors (Lipinski definition) is 3. The highest BCUT2D eigenvalue weighted by Crippen LogP contribution is 2.09. The van der Waals surface area contributed by atoms with Gasteiger partial charge >= 0.3 is 6.03 Å². The van der Waals surface area contributed by atoms with Gasteiger partial charge < -0.3 is 15.3 Å². The van der Waals surface area contributed by atoms with Gasteiger partial charge in [0.2, 0.25) is 0 Å². The van der Waals surface area contributed by atoms with Crippen LogP contribution < -0.4 is 5.32 Å².